The van der Waals surface area contributed by atoms with Crippen molar-refractivity contribution in [3.05, 3.63) is 78.8 Å². The summed E-state index contributed by atoms with van der Waals surface area (Å²) < 4.78 is 0. The second kappa shape index (κ2) is 10.9. The maximum atomic E-state index is 14.4. The number of hydrogen-bond acceptors (Lipinski definition) is 8. The van der Waals surface area contributed by atoms with Gasteiger partial charge in [-0.05, 0) is 61.3 Å². The molecule has 1 saturated carbocycles. The molecule has 0 N–H and O–H groups in total. The molecule has 0 aromatic heterocycles. The Labute approximate surface area is 263 Å². The van der Waals surface area contributed by atoms with E-state index in [-0.39, 0.29) is 33.1 Å². The van der Waals surface area contributed by atoms with Gasteiger partial charge in [-0.15, -0.1) is 11.8 Å². The Balaban J connectivity index is 1.40. The van der Waals surface area contributed by atoms with Crippen molar-refractivity contribution in [3.63, 3.8) is 0 Å². The van der Waals surface area contributed by atoms with Gasteiger partial charge in [0.25, 0.3) is 11.6 Å². The lowest BCUT2D eigenvalue weighted by molar-refractivity contribution is -0.384. The topological polar surface area (TPSA) is 110 Å². The van der Waals surface area contributed by atoms with Crippen molar-refractivity contribution >= 4 is 63.9 Å². The number of nitro groups is 1. The van der Waals surface area contributed by atoms with Crippen LogP contribution in [0.25, 0.3) is 0 Å². The molecule has 0 spiro atoms. The molecule has 2 amide bonds. The van der Waals surface area contributed by atoms with E-state index in [0.29, 0.717) is 32.8 Å². The second-order valence-electron chi connectivity index (χ2n) is 12.7. The normalized spacial score (nSPS) is 28.9. The number of amides is 2. The van der Waals surface area contributed by atoms with Crippen LogP contribution in [-0.4, -0.2) is 38.8 Å². The van der Waals surface area contributed by atoms with Crippen LogP contribution in [0.4, 0.5) is 11.4 Å². The van der Waals surface area contributed by atoms with Crippen molar-refractivity contribution in [1.29, 1.82) is 0 Å². The maximum Gasteiger partial charge on any atom is 0.271 e. The molecular formula is C31H31Cl2N3O6S. The minimum Gasteiger partial charge on any atom is -0.295 e. The van der Waals surface area contributed by atoms with Gasteiger partial charge in [-0.1, -0.05) is 56.1 Å². The first kappa shape index (κ1) is 30.1. The number of fused-ring (bicyclic) bond motifs is 2. The number of anilines is 1. The highest BCUT2D eigenvalue weighted by molar-refractivity contribution is 8.04. The fourth-order valence-electron chi connectivity index (χ4n) is 6.97. The van der Waals surface area contributed by atoms with Crippen molar-refractivity contribution in [3.8, 4) is 0 Å². The average molecular weight is 645 g/mol. The first-order chi connectivity index (χ1) is 20.3. The molecule has 3 aliphatic heterocycles. The number of nitrogens with zero attached hydrogens (tertiary/aromatic N) is 3. The van der Waals surface area contributed by atoms with E-state index >= 15 is 0 Å². The lowest BCUT2D eigenvalue weighted by Crippen LogP contribution is -2.36. The Hall–Kier alpha value is -2.92. The van der Waals surface area contributed by atoms with E-state index < -0.39 is 34.8 Å². The van der Waals surface area contributed by atoms with Gasteiger partial charge < -0.3 is 0 Å². The zero-order chi connectivity index (χ0) is 31.0. The molecule has 6 rings (SSSR count). The number of carbonyl (C=O) groups is 3. The molecule has 2 aromatic carbocycles. The number of likely N-dealkylation sites (tertiary alicyclic amines) is 1. The molecule has 3 fully saturated rings. The summed E-state index contributed by atoms with van der Waals surface area (Å²) >= 11 is 14.3. The summed E-state index contributed by atoms with van der Waals surface area (Å²) in [5, 5.41) is 14.0. The zero-order valence-corrected chi connectivity index (χ0v) is 26.4. The Morgan fingerprint density at radius 2 is 1.84 bits per heavy atom. The van der Waals surface area contributed by atoms with Crippen LogP contribution >= 0.6 is 35.0 Å². The van der Waals surface area contributed by atoms with Gasteiger partial charge in [0.15, 0.2) is 11.9 Å². The van der Waals surface area contributed by atoms with Crippen LogP contribution in [0, 0.1) is 33.3 Å². The molecule has 4 aliphatic rings. The van der Waals surface area contributed by atoms with Crippen LogP contribution in [0.15, 0.2) is 53.1 Å². The van der Waals surface area contributed by atoms with Crippen LogP contribution in [0.5, 0.6) is 0 Å². The number of carbonyl (C=O) groups excluding carboxylic acids is 3. The number of rotatable bonds is 5. The summed E-state index contributed by atoms with van der Waals surface area (Å²) in [6.45, 7) is 8.16. The van der Waals surface area contributed by atoms with Gasteiger partial charge in [0, 0.05) is 38.9 Å². The van der Waals surface area contributed by atoms with Crippen molar-refractivity contribution in [2.75, 3.05) is 5.06 Å². The first-order valence-electron chi connectivity index (χ1n) is 14.2. The van der Waals surface area contributed by atoms with Crippen molar-refractivity contribution in [2.45, 2.75) is 64.4 Å². The predicted molar refractivity (Wildman–Crippen MR) is 164 cm³/mol. The van der Waals surface area contributed by atoms with Gasteiger partial charge >= 0.3 is 0 Å². The number of ketones is 1. The lowest BCUT2D eigenvalue weighted by atomic mass is 9.68. The van der Waals surface area contributed by atoms with Gasteiger partial charge in [-0.3, -0.25) is 29.3 Å². The maximum absolute atomic E-state index is 14.4. The molecule has 9 nitrogen and oxygen atoms in total. The number of nitro benzene ring substituents is 1. The predicted octanol–water partition coefficient (Wildman–Crippen LogP) is 7.13. The van der Waals surface area contributed by atoms with E-state index in [2.05, 4.69) is 20.8 Å². The van der Waals surface area contributed by atoms with Gasteiger partial charge in [0.05, 0.1) is 21.7 Å². The summed E-state index contributed by atoms with van der Waals surface area (Å²) in [5.41, 5.74) is 1.25. The van der Waals surface area contributed by atoms with Gasteiger partial charge in [0.2, 0.25) is 5.91 Å². The van der Waals surface area contributed by atoms with Gasteiger partial charge in [-0.25, -0.2) is 9.96 Å². The molecule has 226 valence electrons. The number of thioether (sulfide) groups is 1. The van der Waals surface area contributed by atoms with Crippen LogP contribution in [0.1, 0.15) is 58.6 Å². The van der Waals surface area contributed by atoms with E-state index in [4.69, 9.17) is 28.0 Å². The van der Waals surface area contributed by atoms with E-state index in [1.54, 1.807) is 18.2 Å². The highest BCUT2D eigenvalue weighted by Crippen LogP contribution is 2.57. The molecule has 0 bridgehead atoms. The van der Waals surface area contributed by atoms with Crippen LogP contribution < -0.4 is 5.06 Å². The third kappa shape index (κ3) is 5.06. The molecule has 3 heterocycles. The summed E-state index contributed by atoms with van der Waals surface area (Å²) in [4.78, 5) is 59.8. The largest absolute Gasteiger partial charge is 0.295 e. The van der Waals surface area contributed by atoms with Gasteiger partial charge in [0.1, 0.15) is 5.92 Å². The molecule has 2 saturated heterocycles. The van der Waals surface area contributed by atoms with E-state index in [1.807, 2.05) is 0 Å². The summed E-state index contributed by atoms with van der Waals surface area (Å²) in [6, 6.07) is 9.72. The van der Waals surface area contributed by atoms with Crippen molar-refractivity contribution in [2.24, 2.45) is 23.2 Å². The zero-order valence-electron chi connectivity index (χ0n) is 24.1. The van der Waals surface area contributed by atoms with E-state index in [9.17, 15) is 24.5 Å². The highest BCUT2D eigenvalue weighted by Gasteiger charge is 2.62. The van der Waals surface area contributed by atoms with E-state index in [0.717, 1.165) is 24.2 Å². The average Bonchev–Trinajstić information content (AvgIpc) is 3.58. The fraction of sp³-hybridized carbons (Fsp3) is 0.452. The first-order valence-corrected chi connectivity index (χ1v) is 15.9. The number of halogens is 2. The molecule has 1 aliphatic carbocycles. The van der Waals surface area contributed by atoms with Crippen LogP contribution in [0.2, 0.25) is 10.0 Å². The smallest absolute Gasteiger partial charge is 0.271 e. The summed E-state index contributed by atoms with van der Waals surface area (Å²) in [6.07, 6.45) is 1.47. The Morgan fingerprint density at radius 3 is 2.49 bits per heavy atom. The Bertz CT molecular complexity index is 1590. The number of allylic oxidation sites excluding steroid dienone is 1. The number of Topliss-reactive ketones (excluding diaryl/α,β-unsaturated/α-hetero) is 1. The minimum atomic E-state index is -1.21. The summed E-state index contributed by atoms with van der Waals surface area (Å²) in [5.74, 6) is -1.78. The molecule has 6 atom stereocenters. The molecule has 12 heteroatoms. The Morgan fingerprint density at radius 1 is 1.09 bits per heavy atom. The lowest BCUT2D eigenvalue weighted by Gasteiger charge is -2.39. The Kier molecular flexibility index (Phi) is 7.64. The molecule has 2 aromatic rings. The second-order valence-corrected chi connectivity index (χ2v) is 14.8. The number of imide groups is 1. The summed E-state index contributed by atoms with van der Waals surface area (Å²) in [7, 11) is 0. The van der Waals surface area contributed by atoms with Gasteiger partial charge in [-0.2, -0.15) is 0 Å². The molecule has 0 radical (unpaired) electrons. The number of hydrogen-bond donors (Lipinski definition) is 0. The van der Waals surface area contributed by atoms with Crippen molar-refractivity contribution < 1.29 is 24.1 Å². The number of benzene rings is 2. The SMILES string of the molecule is CC(=O)C1=C(N2C(=O)[C@H]3[C@H](ON(c4cccc([N+](=O)[O-])c4)[C@H]3c3ccc(Cl)cc3Cl)C2=O)S[C@H]2C[C@@H](C(C)(C)C)CC[C@@H]12. The molecule has 43 heavy (non-hydrogen) atoms. The van der Waals surface area contributed by atoms with Crippen LogP contribution in [0.3, 0.4) is 0 Å². The number of non-ortho nitro benzene ring substituents is 1. The standard InChI is InChI=1S/C31H31Cl2N3O6S/c1-15(37)24-21-10-8-16(31(2,3)4)12-23(21)43-30(24)34-28(38)25-26(20-11-9-17(32)13-22(20)33)35(42-27(25)29(34)39)18-6-5-7-19(14-18)36(40)41/h5-7,9,11,13-14,16,21,23,25-27H,8,10,12H2,1-4H3/t16-,21+,23-,25+,26-,27-/m0/s1. The molecule has 0 unspecified atom stereocenters. The fourth-order valence-corrected chi connectivity index (χ4v) is 9.25. The quantitative estimate of drug-likeness (QED) is 0.192. The van der Waals surface area contributed by atoms with Crippen LogP contribution in [-0.2, 0) is 19.2 Å². The number of hydroxylamine groups is 1. The van der Waals surface area contributed by atoms with E-state index in [1.165, 1.54) is 48.0 Å². The monoisotopic (exact) mass is 643 g/mol. The highest BCUT2D eigenvalue weighted by atomic mass is 35.5. The molecular weight excluding hydrogens is 613 g/mol. The third-order valence-electron chi connectivity index (χ3n) is 9.15. The van der Waals surface area contributed by atoms with Crippen molar-refractivity contribution in [1.82, 2.24) is 4.90 Å². The minimum absolute atomic E-state index is 0.0269. The third-order valence-corrected chi connectivity index (χ3v) is 11.2.